The number of hydrogen-bond donors (Lipinski definition) is 2. The first-order chi connectivity index (χ1) is 7.99. The Morgan fingerprint density at radius 2 is 2.29 bits per heavy atom. The molecule has 0 aliphatic carbocycles. The summed E-state index contributed by atoms with van der Waals surface area (Å²) < 4.78 is 5.34. The summed E-state index contributed by atoms with van der Waals surface area (Å²) in [6, 6.07) is 4.67. The fraction of sp³-hybridized carbons (Fsp3) is 0.273. The lowest BCUT2D eigenvalue weighted by atomic mass is 10.1. The van der Waals surface area contributed by atoms with Gasteiger partial charge in [-0.3, -0.25) is 9.59 Å². The molecular weight excluding hydrogens is 246 g/mol. The lowest BCUT2D eigenvalue weighted by molar-refractivity contribution is -0.136. The predicted molar refractivity (Wildman–Crippen MR) is 61.4 cm³/mol. The van der Waals surface area contributed by atoms with Gasteiger partial charge in [0.05, 0.1) is 5.69 Å². The van der Waals surface area contributed by atoms with Gasteiger partial charge in [-0.25, -0.2) is 0 Å². The second kappa shape index (κ2) is 4.25. The van der Waals surface area contributed by atoms with Gasteiger partial charge in [0.2, 0.25) is 0 Å². The molecule has 5 nitrogen and oxygen atoms in total. The largest absolute Gasteiger partial charge is 0.480 e. The number of aliphatic carboxylic acids is 1. The molecule has 1 aliphatic rings. The quantitative estimate of drug-likeness (QED) is 0.790. The summed E-state index contributed by atoms with van der Waals surface area (Å²) in [5.74, 6) is -0.894. The molecule has 0 aromatic heterocycles. The molecule has 0 spiro atoms. The van der Waals surface area contributed by atoms with Gasteiger partial charge in [0.25, 0.3) is 5.91 Å². The number of rotatable bonds is 2. The standard InChI is InChI=1S/C11H10ClNO4/c1-5-10(14)13-7-4-6(9(12)11(15)16)2-3-8(7)17-5/h2-5,9H,1H3,(H,13,14)(H,15,16). The zero-order valence-corrected chi connectivity index (χ0v) is 9.69. The van der Waals surface area contributed by atoms with E-state index in [-0.39, 0.29) is 5.91 Å². The summed E-state index contributed by atoms with van der Waals surface area (Å²) in [4.78, 5) is 22.1. The van der Waals surface area contributed by atoms with Crippen LogP contribution in [0.4, 0.5) is 5.69 Å². The number of carbonyl (C=O) groups is 2. The Kier molecular flexibility index (Phi) is 2.93. The van der Waals surface area contributed by atoms with Crippen molar-refractivity contribution in [3.8, 4) is 5.75 Å². The number of amides is 1. The molecule has 0 fully saturated rings. The van der Waals surface area contributed by atoms with E-state index < -0.39 is 17.5 Å². The van der Waals surface area contributed by atoms with Crippen LogP contribution in [0.1, 0.15) is 17.9 Å². The maximum Gasteiger partial charge on any atom is 0.326 e. The SMILES string of the molecule is CC1Oc2ccc(C(Cl)C(=O)O)cc2NC1=O. The molecule has 1 heterocycles. The Bertz CT molecular complexity index is 488. The smallest absolute Gasteiger partial charge is 0.326 e. The van der Waals surface area contributed by atoms with Gasteiger partial charge in [0.1, 0.15) is 5.75 Å². The topological polar surface area (TPSA) is 75.6 Å². The van der Waals surface area contributed by atoms with Crippen LogP contribution >= 0.6 is 11.6 Å². The second-order valence-electron chi connectivity index (χ2n) is 3.71. The van der Waals surface area contributed by atoms with Crippen LogP contribution in [-0.4, -0.2) is 23.1 Å². The highest BCUT2D eigenvalue weighted by atomic mass is 35.5. The molecule has 1 aliphatic heterocycles. The minimum atomic E-state index is -1.14. The van der Waals surface area contributed by atoms with E-state index in [2.05, 4.69) is 5.32 Å². The van der Waals surface area contributed by atoms with E-state index in [1.54, 1.807) is 19.1 Å². The Labute approximate surface area is 102 Å². The molecule has 17 heavy (non-hydrogen) atoms. The molecule has 6 heteroatoms. The van der Waals surface area contributed by atoms with Crippen LogP contribution in [0.2, 0.25) is 0 Å². The highest BCUT2D eigenvalue weighted by Gasteiger charge is 2.25. The molecular formula is C11H10ClNO4. The minimum Gasteiger partial charge on any atom is -0.480 e. The summed E-state index contributed by atoms with van der Waals surface area (Å²) in [7, 11) is 0. The van der Waals surface area contributed by atoms with Crippen LogP contribution in [0, 0.1) is 0 Å². The molecule has 2 atom stereocenters. The molecule has 1 aromatic rings. The Morgan fingerprint density at radius 3 is 2.94 bits per heavy atom. The maximum absolute atomic E-state index is 11.4. The number of carboxylic acids is 1. The van der Waals surface area contributed by atoms with E-state index in [1.807, 2.05) is 0 Å². The van der Waals surface area contributed by atoms with Gasteiger partial charge in [-0.2, -0.15) is 0 Å². The van der Waals surface area contributed by atoms with Crippen LogP contribution in [0.25, 0.3) is 0 Å². The number of anilines is 1. The van der Waals surface area contributed by atoms with Crippen molar-refractivity contribution in [3.05, 3.63) is 23.8 Å². The lowest BCUT2D eigenvalue weighted by Crippen LogP contribution is -2.34. The van der Waals surface area contributed by atoms with E-state index in [1.165, 1.54) is 6.07 Å². The maximum atomic E-state index is 11.4. The zero-order chi connectivity index (χ0) is 12.6. The van der Waals surface area contributed by atoms with Crippen molar-refractivity contribution in [3.63, 3.8) is 0 Å². The van der Waals surface area contributed by atoms with Gasteiger partial charge in [-0.1, -0.05) is 6.07 Å². The molecule has 2 rings (SSSR count). The monoisotopic (exact) mass is 255 g/mol. The van der Waals surface area contributed by atoms with Crippen molar-refractivity contribution in [1.82, 2.24) is 0 Å². The first-order valence-corrected chi connectivity index (χ1v) is 5.41. The summed E-state index contributed by atoms with van der Waals surface area (Å²) in [5.41, 5.74) is 0.842. The van der Waals surface area contributed by atoms with Gasteiger partial charge in [-0.15, -0.1) is 11.6 Å². The van der Waals surface area contributed by atoms with E-state index in [0.717, 1.165) is 0 Å². The Hall–Kier alpha value is -1.75. The lowest BCUT2D eigenvalue weighted by Gasteiger charge is -2.23. The van der Waals surface area contributed by atoms with Gasteiger partial charge in [0.15, 0.2) is 11.5 Å². The van der Waals surface area contributed by atoms with Crippen molar-refractivity contribution in [2.75, 3.05) is 5.32 Å². The van der Waals surface area contributed by atoms with E-state index in [0.29, 0.717) is 17.0 Å². The summed E-state index contributed by atoms with van der Waals surface area (Å²) in [5, 5.41) is 10.3. The van der Waals surface area contributed by atoms with Crippen molar-refractivity contribution in [2.45, 2.75) is 18.4 Å². The summed E-state index contributed by atoms with van der Waals surface area (Å²) in [6.45, 7) is 1.63. The van der Waals surface area contributed by atoms with Gasteiger partial charge in [-0.05, 0) is 24.6 Å². The normalized spacial score (nSPS) is 19.9. The molecule has 0 bridgehead atoms. The van der Waals surface area contributed by atoms with E-state index in [4.69, 9.17) is 21.4 Å². The molecule has 90 valence electrons. The number of fused-ring (bicyclic) bond motifs is 1. The van der Waals surface area contributed by atoms with E-state index in [9.17, 15) is 9.59 Å². The van der Waals surface area contributed by atoms with Gasteiger partial charge >= 0.3 is 5.97 Å². The average Bonchev–Trinajstić information content (AvgIpc) is 2.29. The number of nitrogens with one attached hydrogen (secondary N) is 1. The predicted octanol–water partition coefficient (Wildman–Crippen LogP) is 1.77. The third-order valence-corrected chi connectivity index (χ3v) is 2.88. The van der Waals surface area contributed by atoms with Crippen LogP contribution in [0.3, 0.4) is 0 Å². The van der Waals surface area contributed by atoms with Crippen LogP contribution in [-0.2, 0) is 9.59 Å². The highest BCUT2D eigenvalue weighted by molar-refractivity contribution is 6.29. The van der Waals surface area contributed by atoms with Crippen LogP contribution in [0.15, 0.2) is 18.2 Å². The molecule has 1 aromatic carbocycles. The number of ether oxygens (including phenoxy) is 1. The fourth-order valence-corrected chi connectivity index (χ4v) is 1.66. The number of carbonyl (C=O) groups excluding carboxylic acids is 1. The van der Waals surface area contributed by atoms with Gasteiger partial charge in [0, 0.05) is 0 Å². The first kappa shape index (κ1) is 11.7. The fourth-order valence-electron chi connectivity index (χ4n) is 1.53. The van der Waals surface area contributed by atoms with Crippen molar-refractivity contribution in [2.24, 2.45) is 0 Å². The summed E-state index contributed by atoms with van der Waals surface area (Å²) in [6.07, 6.45) is -0.556. The molecule has 2 unspecified atom stereocenters. The summed E-state index contributed by atoms with van der Waals surface area (Å²) >= 11 is 5.70. The number of carboxylic acid groups (broad SMARTS) is 1. The zero-order valence-electron chi connectivity index (χ0n) is 8.94. The molecule has 2 N–H and O–H groups in total. The van der Waals surface area contributed by atoms with Gasteiger partial charge < -0.3 is 15.2 Å². The van der Waals surface area contributed by atoms with Crippen LogP contribution in [0.5, 0.6) is 5.75 Å². The molecule has 0 radical (unpaired) electrons. The average molecular weight is 256 g/mol. The number of halogens is 1. The number of alkyl halides is 1. The second-order valence-corrected chi connectivity index (χ2v) is 4.14. The first-order valence-electron chi connectivity index (χ1n) is 4.97. The Morgan fingerprint density at radius 1 is 1.59 bits per heavy atom. The van der Waals surface area contributed by atoms with Crippen molar-refractivity contribution in [1.29, 1.82) is 0 Å². The third kappa shape index (κ3) is 2.19. The number of hydrogen-bond acceptors (Lipinski definition) is 3. The highest BCUT2D eigenvalue weighted by Crippen LogP contribution is 2.33. The number of benzene rings is 1. The minimum absolute atomic E-state index is 0.268. The Balaban J connectivity index is 2.35. The third-order valence-electron chi connectivity index (χ3n) is 2.44. The molecule has 1 amide bonds. The van der Waals surface area contributed by atoms with Crippen molar-refractivity contribution >= 4 is 29.2 Å². The molecule has 0 saturated carbocycles. The van der Waals surface area contributed by atoms with E-state index >= 15 is 0 Å². The van der Waals surface area contributed by atoms with Crippen LogP contribution < -0.4 is 10.1 Å². The van der Waals surface area contributed by atoms with Crippen molar-refractivity contribution < 1.29 is 19.4 Å². The molecule has 0 saturated heterocycles.